The summed E-state index contributed by atoms with van der Waals surface area (Å²) in [4.78, 5) is 24.1. The second kappa shape index (κ2) is 8.25. The van der Waals surface area contributed by atoms with Gasteiger partial charge in [-0.25, -0.2) is 4.98 Å². The van der Waals surface area contributed by atoms with Gasteiger partial charge in [0.1, 0.15) is 11.6 Å². The molecule has 1 fully saturated rings. The highest BCUT2D eigenvalue weighted by Crippen LogP contribution is 2.23. The average Bonchev–Trinajstić information content (AvgIpc) is 2.77. The monoisotopic (exact) mass is 376 g/mol. The van der Waals surface area contributed by atoms with Crippen molar-refractivity contribution in [3.63, 3.8) is 0 Å². The van der Waals surface area contributed by atoms with Crippen molar-refractivity contribution < 1.29 is 9.53 Å². The number of piperidine rings is 1. The molecule has 6 nitrogen and oxygen atoms in total. The summed E-state index contributed by atoms with van der Waals surface area (Å²) in [6.07, 6.45) is 3.66. The van der Waals surface area contributed by atoms with E-state index in [0.29, 0.717) is 13.1 Å². The van der Waals surface area contributed by atoms with Crippen LogP contribution in [0.5, 0.6) is 5.75 Å². The van der Waals surface area contributed by atoms with Gasteiger partial charge < -0.3 is 15.0 Å². The third-order valence-electron chi connectivity index (χ3n) is 5.15. The van der Waals surface area contributed by atoms with Gasteiger partial charge in [0.05, 0.1) is 30.3 Å². The molecule has 0 spiro atoms. The van der Waals surface area contributed by atoms with Gasteiger partial charge in [0, 0.05) is 19.6 Å². The van der Waals surface area contributed by atoms with E-state index in [0.717, 1.165) is 47.6 Å². The summed E-state index contributed by atoms with van der Waals surface area (Å²) in [6, 6.07) is 15.6. The molecule has 3 aromatic rings. The van der Waals surface area contributed by atoms with E-state index in [9.17, 15) is 4.79 Å². The molecule has 28 heavy (non-hydrogen) atoms. The van der Waals surface area contributed by atoms with Crippen molar-refractivity contribution in [2.24, 2.45) is 5.92 Å². The molecule has 1 atom stereocenters. The van der Waals surface area contributed by atoms with Crippen LogP contribution in [0.25, 0.3) is 11.0 Å². The van der Waals surface area contributed by atoms with E-state index in [2.05, 4.69) is 15.2 Å². The van der Waals surface area contributed by atoms with Crippen LogP contribution in [0.15, 0.2) is 54.7 Å². The maximum Gasteiger partial charge on any atom is 0.225 e. The molecule has 1 aromatic heterocycles. The van der Waals surface area contributed by atoms with Crippen LogP contribution in [0.4, 0.5) is 5.82 Å². The quantitative estimate of drug-likeness (QED) is 0.741. The van der Waals surface area contributed by atoms with Crippen LogP contribution < -0.4 is 15.0 Å². The molecular formula is C22H24N4O2. The molecule has 1 unspecified atom stereocenters. The Bertz CT molecular complexity index is 975. The molecule has 0 bridgehead atoms. The van der Waals surface area contributed by atoms with Crippen molar-refractivity contribution in [2.75, 3.05) is 25.1 Å². The van der Waals surface area contributed by atoms with Crippen molar-refractivity contribution in [2.45, 2.75) is 19.4 Å². The Kier molecular flexibility index (Phi) is 5.37. The molecule has 2 heterocycles. The number of nitrogens with zero attached hydrogens (tertiary/aromatic N) is 3. The molecule has 1 saturated heterocycles. The van der Waals surface area contributed by atoms with Gasteiger partial charge in [-0.3, -0.25) is 9.78 Å². The van der Waals surface area contributed by atoms with E-state index in [-0.39, 0.29) is 11.8 Å². The largest absolute Gasteiger partial charge is 0.497 e. The first-order valence-electron chi connectivity index (χ1n) is 9.60. The number of aromatic nitrogens is 2. The maximum absolute atomic E-state index is 12.7. The zero-order chi connectivity index (χ0) is 19.3. The highest BCUT2D eigenvalue weighted by Gasteiger charge is 2.26. The second-order valence-corrected chi connectivity index (χ2v) is 7.07. The standard InChI is InChI=1S/C22H24N4O2/c1-28-18-8-4-6-16(12-18)13-24-22(27)17-7-5-11-26(15-17)21-14-23-19-9-2-3-10-20(19)25-21/h2-4,6,8-10,12,14,17H,5,7,11,13,15H2,1H3,(H,24,27). The fourth-order valence-corrected chi connectivity index (χ4v) is 3.61. The van der Waals surface area contributed by atoms with Crippen LogP contribution in [0.2, 0.25) is 0 Å². The third kappa shape index (κ3) is 4.06. The number of benzene rings is 2. The molecule has 0 aliphatic carbocycles. The van der Waals surface area contributed by atoms with Crippen LogP contribution in [0.3, 0.4) is 0 Å². The number of fused-ring (bicyclic) bond motifs is 1. The van der Waals surface area contributed by atoms with Crippen molar-refractivity contribution in [1.29, 1.82) is 0 Å². The summed E-state index contributed by atoms with van der Waals surface area (Å²) >= 11 is 0. The number of para-hydroxylation sites is 2. The molecule has 1 aliphatic rings. The van der Waals surface area contributed by atoms with Gasteiger partial charge in [0.25, 0.3) is 0 Å². The van der Waals surface area contributed by atoms with Crippen molar-refractivity contribution in [1.82, 2.24) is 15.3 Å². The number of ether oxygens (including phenoxy) is 1. The Morgan fingerprint density at radius 2 is 2.07 bits per heavy atom. The van der Waals surface area contributed by atoms with Crippen molar-refractivity contribution in [3.8, 4) is 5.75 Å². The number of hydrogen-bond acceptors (Lipinski definition) is 5. The Balaban J connectivity index is 1.40. The number of hydrogen-bond donors (Lipinski definition) is 1. The molecule has 0 saturated carbocycles. The van der Waals surface area contributed by atoms with E-state index >= 15 is 0 Å². The Labute approximate surface area is 164 Å². The predicted octanol–water partition coefficient (Wildman–Crippen LogP) is 3.17. The van der Waals surface area contributed by atoms with Crippen LogP contribution in [-0.4, -0.2) is 36.1 Å². The molecule has 6 heteroatoms. The fraction of sp³-hybridized carbons (Fsp3) is 0.318. The summed E-state index contributed by atoms with van der Waals surface area (Å²) in [6.45, 7) is 2.06. The Morgan fingerprint density at radius 3 is 2.93 bits per heavy atom. The number of amides is 1. The van der Waals surface area contributed by atoms with E-state index in [1.165, 1.54) is 0 Å². The first-order valence-corrected chi connectivity index (χ1v) is 9.60. The van der Waals surface area contributed by atoms with Gasteiger partial charge >= 0.3 is 0 Å². The van der Waals surface area contributed by atoms with Gasteiger partial charge in [-0.05, 0) is 42.7 Å². The molecule has 144 valence electrons. The minimum absolute atomic E-state index is 0.0485. The van der Waals surface area contributed by atoms with Crippen LogP contribution in [0.1, 0.15) is 18.4 Å². The lowest BCUT2D eigenvalue weighted by Crippen LogP contribution is -2.43. The summed E-state index contributed by atoms with van der Waals surface area (Å²) in [5.74, 6) is 1.67. The maximum atomic E-state index is 12.7. The Hall–Kier alpha value is -3.15. The lowest BCUT2D eigenvalue weighted by atomic mass is 9.97. The average molecular weight is 376 g/mol. The number of anilines is 1. The molecule has 1 amide bonds. The minimum Gasteiger partial charge on any atom is -0.497 e. The second-order valence-electron chi connectivity index (χ2n) is 7.07. The molecule has 1 aliphatic heterocycles. The highest BCUT2D eigenvalue weighted by atomic mass is 16.5. The third-order valence-corrected chi connectivity index (χ3v) is 5.15. The summed E-state index contributed by atoms with van der Waals surface area (Å²) < 4.78 is 5.24. The zero-order valence-corrected chi connectivity index (χ0v) is 16.0. The molecular weight excluding hydrogens is 352 g/mol. The van der Waals surface area contributed by atoms with Crippen LogP contribution in [0, 0.1) is 5.92 Å². The van der Waals surface area contributed by atoms with Crippen LogP contribution >= 0.6 is 0 Å². The minimum atomic E-state index is -0.0485. The van der Waals surface area contributed by atoms with E-state index in [1.807, 2.05) is 48.5 Å². The van der Waals surface area contributed by atoms with Gasteiger partial charge in [0.15, 0.2) is 0 Å². The zero-order valence-electron chi connectivity index (χ0n) is 16.0. The van der Waals surface area contributed by atoms with Gasteiger partial charge in [-0.2, -0.15) is 0 Å². The van der Waals surface area contributed by atoms with Gasteiger partial charge in [0.2, 0.25) is 5.91 Å². The van der Waals surface area contributed by atoms with Crippen molar-refractivity contribution >= 4 is 22.8 Å². The van der Waals surface area contributed by atoms with E-state index in [4.69, 9.17) is 9.72 Å². The first kappa shape index (κ1) is 18.2. The summed E-state index contributed by atoms with van der Waals surface area (Å²) in [5, 5.41) is 3.06. The van der Waals surface area contributed by atoms with E-state index in [1.54, 1.807) is 13.3 Å². The molecule has 4 rings (SSSR count). The van der Waals surface area contributed by atoms with E-state index < -0.39 is 0 Å². The number of carbonyl (C=O) groups excluding carboxylic acids is 1. The fourth-order valence-electron chi connectivity index (χ4n) is 3.61. The SMILES string of the molecule is COc1cccc(CNC(=O)C2CCCN(c3cnc4ccccc4n3)C2)c1. The number of carbonyl (C=O) groups is 1. The number of nitrogens with one attached hydrogen (secondary N) is 1. The summed E-state index contributed by atoms with van der Waals surface area (Å²) in [7, 11) is 1.64. The van der Waals surface area contributed by atoms with Gasteiger partial charge in [-0.1, -0.05) is 24.3 Å². The van der Waals surface area contributed by atoms with Crippen molar-refractivity contribution in [3.05, 3.63) is 60.3 Å². The van der Waals surface area contributed by atoms with Gasteiger partial charge in [-0.15, -0.1) is 0 Å². The molecule has 2 aromatic carbocycles. The number of rotatable bonds is 5. The highest BCUT2D eigenvalue weighted by molar-refractivity contribution is 5.80. The predicted molar refractivity (Wildman–Crippen MR) is 109 cm³/mol. The smallest absolute Gasteiger partial charge is 0.225 e. The normalized spacial score (nSPS) is 16.8. The molecule has 0 radical (unpaired) electrons. The lowest BCUT2D eigenvalue weighted by molar-refractivity contribution is -0.125. The summed E-state index contributed by atoms with van der Waals surface area (Å²) in [5.41, 5.74) is 2.79. The van der Waals surface area contributed by atoms with Crippen LogP contribution in [-0.2, 0) is 11.3 Å². The topological polar surface area (TPSA) is 67.3 Å². The molecule has 1 N–H and O–H groups in total. The first-order chi connectivity index (χ1) is 13.7. The lowest BCUT2D eigenvalue weighted by Gasteiger charge is -2.32. The Morgan fingerprint density at radius 1 is 1.21 bits per heavy atom. The number of methoxy groups -OCH3 is 1.